The van der Waals surface area contributed by atoms with Gasteiger partial charge < -0.3 is 10.1 Å². The fourth-order valence-corrected chi connectivity index (χ4v) is 2.03. The molecular weight excluding hydrogens is 264 g/mol. The smallest absolute Gasteiger partial charge is 0.336 e. The zero-order valence-electron chi connectivity index (χ0n) is 12.8. The van der Waals surface area contributed by atoms with Gasteiger partial charge in [-0.15, -0.1) is 5.10 Å². The monoisotopic (exact) mass is 288 g/mol. The van der Waals surface area contributed by atoms with Crippen LogP contribution in [0.25, 0.3) is 5.69 Å². The molecule has 5 heteroatoms. The van der Waals surface area contributed by atoms with Gasteiger partial charge in [0.05, 0.1) is 5.69 Å². The lowest BCUT2D eigenvalue weighted by Gasteiger charge is -2.12. The Morgan fingerprint density at radius 2 is 2.05 bits per heavy atom. The van der Waals surface area contributed by atoms with Crippen molar-refractivity contribution in [1.29, 1.82) is 0 Å². The zero-order valence-corrected chi connectivity index (χ0v) is 12.8. The number of rotatable bonds is 9. The quantitative estimate of drug-likeness (QED) is 0.721. The lowest BCUT2D eigenvalue weighted by molar-refractivity contribution is 0.199. The van der Waals surface area contributed by atoms with Crippen LogP contribution in [0.2, 0.25) is 0 Å². The average Bonchev–Trinajstić information content (AvgIpc) is 2.96. The molecule has 21 heavy (non-hydrogen) atoms. The van der Waals surface area contributed by atoms with E-state index in [9.17, 15) is 0 Å². The van der Waals surface area contributed by atoms with E-state index in [2.05, 4.69) is 22.3 Å². The van der Waals surface area contributed by atoms with Crippen molar-refractivity contribution < 1.29 is 4.74 Å². The number of hydrogen-bond acceptors (Lipinski definition) is 4. The molecule has 0 aliphatic heterocycles. The molecule has 0 bridgehead atoms. The lowest BCUT2D eigenvalue weighted by atomic mass is 10.2. The molecule has 1 unspecified atom stereocenters. The highest BCUT2D eigenvalue weighted by Crippen LogP contribution is 2.09. The number of hydrogen-bond donors (Lipinski definition) is 1. The average molecular weight is 288 g/mol. The fourth-order valence-electron chi connectivity index (χ4n) is 2.03. The summed E-state index contributed by atoms with van der Waals surface area (Å²) in [5, 5.41) is 7.73. The van der Waals surface area contributed by atoms with Crippen LogP contribution >= 0.6 is 0 Å². The van der Waals surface area contributed by atoms with Gasteiger partial charge in [0.15, 0.2) is 0 Å². The maximum Gasteiger partial charge on any atom is 0.336 e. The Labute approximate surface area is 126 Å². The highest BCUT2D eigenvalue weighted by atomic mass is 16.5. The largest absolute Gasteiger partial charge is 0.458 e. The van der Waals surface area contributed by atoms with Crippen LogP contribution in [-0.2, 0) is 0 Å². The Kier molecular flexibility index (Phi) is 6.22. The van der Waals surface area contributed by atoms with Gasteiger partial charge in [0.1, 0.15) is 12.4 Å². The Balaban J connectivity index is 1.77. The Morgan fingerprint density at radius 1 is 1.24 bits per heavy atom. The second kappa shape index (κ2) is 8.42. The zero-order chi connectivity index (χ0) is 14.9. The molecule has 1 aromatic heterocycles. The fraction of sp³-hybridized carbons (Fsp3) is 0.500. The van der Waals surface area contributed by atoms with Crippen LogP contribution in [0.4, 0.5) is 0 Å². The van der Waals surface area contributed by atoms with Crippen molar-refractivity contribution in [2.45, 2.75) is 39.2 Å². The molecule has 2 aromatic rings. The summed E-state index contributed by atoms with van der Waals surface area (Å²) in [6.07, 6.45) is 5.45. The molecule has 0 fully saturated rings. The van der Waals surface area contributed by atoms with Gasteiger partial charge in [-0.1, -0.05) is 38.0 Å². The lowest BCUT2D eigenvalue weighted by Crippen LogP contribution is -2.29. The first kappa shape index (κ1) is 15.5. The summed E-state index contributed by atoms with van der Waals surface area (Å²) in [6, 6.07) is 10.3. The van der Waals surface area contributed by atoms with Gasteiger partial charge in [-0.25, -0.2) is 4.68 Å². The standard InChI is InChI=1S/C16H24N4O/c1-3-4-8-11-17-12-14(2)21-16-18-13-20(19-16)15-9-6-5-7-10-15/h5-7,9-10,13-14,17H,3-4,8,11-12H2,1-2H3. The molecule has 1 N–H and O–H groups in total. The van der Waals surface area contributed by atoms with Crippen LogP contribution in [0, 0.1) is 0 Å². The summed E-state index contributed by atoms with van der Waals surface area (Å²) in [5.41, 5.74) is 0.977. The minimum Gasteiger partial charge on any atom is -0.458 e. The minimum atomic E-state index is 0.0539. The van der Waals surface area contributed by atoms with E-state index in [-0.39, 0.29) is 6.10 Å². The SMILES string of the molecule is CCCCCNCC(C)Oc1ncn(-c2ccccc2)n1. The van der Waals surface area contributed by atoms with E-state index in [0.29, 0.717) is 6.01 Å². The predicted molar refractivity (Wildman–Crippen MR) is 83.8 cm³/mol. The summed E-state index contributed by atoms with van der Waals surface area (Å²) >= 11 is 0. The summed E-state index contributed by atoms with van der Waals surface area (Å²) in [7, 11) is 0. The number of nitrogens with one attached hydrogen (secondary N) is 1. The van der Waals surface area contributed by atoms with Crippen molar-refractivity contribution >= 4 is 0 Å². The highest BCUT2D eigenvalue weighted by Gasteiger charge is 2.08. The van der Waals surface area contributed by atoms with Gasteiger partial charge >= 0.3 is 6.01 Å². The Hall–Kier alpha value is -1.88. The van der Waals surface area contributed by atoms with E-state index in [0.717, 1.165) is 18.8 Å². The maximum atomic E-state index is 5.72. The number of nitrogens with zero attached hydrogens (tertiary/aromatic N) is 3. The van der Waals surface area contributed by atoms with E-state index >= 15 is 0 Å². The number of benzene rings is 1. The van der Waals surface area contributed by atoms with Crippen molar-refractivity contribution in [3.8, 4) is 11.7 Å². The topological polar surface area (TPSA) is 52.0 Å². The first-order valence-corrected chi connectivity index (χ1v) is 7.64. The molecular formula is C16H24N4O. The summed E-state index contributed by atoms with van der Waals surface area (Å²) in [6.45, 7) is 6.08. The van der Waals surface area contributed by atoms with Gasteiger partial charge in [-0.2, -0.15) is 4.98 Å². The molecule has 0 saturated heterocycles. The van der Waals surface area contributed by atoms with Crippen molar-refractivity contribution in [1.82, 2.24) is 20.1 Å². The predicted octanol–water partition coefficient (Wildman–Crippen LogP) is 2.81. The Morgan fingerprint density at radius 3 is 2.81 bits per heavy atom. The summed E-state index contributed by atoms with van der Waals surface area (Å²) in [4.78, 5) is 4.19. The van der Waals surface area contributed by atoms with E-state index in [1.807, 2.05) is 37.3 Å². The van der Waals surface area contributed by atoms with Crippen LogP contribution < -0.4 is 10.1 Å². The van der Waals surface area contributed by atoms with Crippen molar-refractivity contribution in [3.63, 3.8) is 0 Å². The number of unbranched alkanes of at least 4 members (excludes halogenated alkanes) is 2. The molecule has 2 rings (SSSR count). The molecule has 1 atom stereocenters. The minimum absolute atomic E-state index is 0.0539. The maximum absolute atomic E-state index is 5.72. The molecule has 0 amide bonds. The van der Waals surface area contributed by atoms with Gasteiger partial charge in [0.25, 0.3) is 0 Å². The van der Waals surface area contributed by atoms with Crippen LogP contribution in [0.5, 0.6) is 6.01 Å². The van der Waals surface area contributed by atoms with Gasteiger partial charge in [-0.05, 0) is 32.0 Å². The molecule has 5 nitrogen and oxygen atoms in total. The first-order valence-electron chi connectivity index (χ1n) is 7.64. The molecule has 1 aromatic carbocycles. The molecule has 0 spiro atoms. The summed E-state index contributed by atoms with van der Waals surface area (Å²) in [5.74, 6) is 0. The van der Waals surface area contributed by atoms with Crippen molar-refractivity contribution in [3.05, 3.63) is 36.7 Å². The molecule has 0 aliphatic carbocycles. The third-order valence-electron chi connectivity index (χ3n) is 3.19. The van der Waals surface area contributed by atoms with Crippen LogP contribution in [-0.4, -0.2) is 34.0 Å². The van der Waals surface area contributed by atoms with E-state index in [1.165, 1.54) is 19.3 Å². The normalized spacial score (nSPS) is 12.3. The third-order valence-corrected chi connectivity index (χ3v) is 3.19. The molecule has 0 radical (unpaired) electrons. The van der Waals surface area contributed by atoms with Gasteiger partial charge in [0.2, 0.25) is 0 Å². The highest BCUT2D eigenvalue weighted by molar-refractivity contribution is 5.29. The van der Waals surface area contributed by atoms with Crippen LogP contribution in [0.15, 0.2) is 36.7 Å². The van der Waals surface area contributed by atoms with E-state index < -0.39 is 0 Å². The van der Waals surface area contributed by atoms with Crippen molar-refractivity contribution in [2.75, 3.05) is 13.1 Å². The van der Waals surface area contributed by atoms with Crippen molar-refractivity contribution in [2.24, 2.45) is 0 Å². The van der Waals surface area contributed by atoms with Crippen LogP contribution in [0.3, 0.4) is 0 Å². The van der Waals surface area contributed by atoms with Gasteiger partial charge in [0, 0.05) is 6.54 Å². The van der Waals surface area contributed by atoms with E-state index in [1.54, 1.807) is 11.0 Å². The second-order valence-electron chi connectivity index (χ2n) is 5.15. The first-order chi connectivity index (χ1) is 10.3. The number of aromatic nitrogens is 3. The molecule has 114 valence electrons. The third kappa shape index (κ3) is 5.19. The molecule has 0 saturated carbocycles. The summed E-state index contributed by atoms with van der Waals surface area (Å²) < 4.78 is 7.44. The second-order valence-corrected chi connectivity index (χ2v) is 5.15. The Bertz CT molecular complexity index is 512. The molecule has 0 aliphatic rings. The van der Waals surface area contributed by atoms with Crippen LogP contribution in [0.1, 0.15) is 33.1 Å². The van der Waals surface area contributed by atoms with E-state index in [4.69, 9.17) is 4.74 Å². The number of para-hydroxylation sites is 1. The molecule has 1 heterocycles. The number of ether oxygens (including phenoxy) is 1. The van der Waals surface area contributed by atoms with Gasteiger partial charge in [-0.3, -0.25) is 0 Å².